The maximum Gasteiger partial charge on any atom is 0.279 e. The van der Waals surface area contributed by atoms with Crippen LogP contribution in [-0.2, 0) is 0 Å². The van der Waals surface area contributed by atoms with Gasteiger partial charge in [-0.3, -0.25) is 4.99 Å². The van der Waals surface area contributed by atoms with E-state index in [0.29, 0.717) is 0 Å². The molecule has 0 rings (SSSR count). The van der Waals surface area contributed by atoms with Gasteiger partial charge in [0.2, 0.25) is 0 Å². The van der Waals surface area contributed by atoms with E-state index in [4.69, 9.17) is 0 Å². The summed E-state index contributed by atoms with van der Waals surface area (Å²) in [7, 11) is 1.31. The minimum atomic E-state index is -2.49. The zero-order chi connectivity index (χ0) is 6.57. The molecule has 0 fully saturated rings. The van der Waals surface area contributed by atoms with Gasteiger partial charge in [0.05, 0.1) is 5.71 Å². The maximum absolute atomic E-state index is 11.5. The SMILES string of the molecule is C=C/C(=N\C)C(F)F. The molecule has 0 unspecified atom stereocenters. The molecule has 0 aliphatic rings. The van der Waals surface area contributed by atoms with Gasteiger partial charge in [-0.25, -0.2) is 8.78 Å². The number of rotatable bonds is 2. The second-order valence-electron chi connectivity index (χ2n) is 1.15. The van der Waals surface area contributed by atoms with Crippen molar-refractivity contribution in [3.63, 3.8) is 0 Å². The average Bonchev–Trinajstić information content (AvgIpc) is 1.69. The highest BCUT2D eigenvalue weighted by atomic mass is 19.3. The molecule has 8 heavy (non-hydrogen) atoms. The van der Waals surface area contributed by atoms with Crippen molar-refractivity contribution >= 4 is 5.71 Å². The standard InChI is InChI=1S/C5H7F2N/c1-3-4(8-2)5(6)7/h3,5H,1H2,2H3/b8-4+. The predicted octanol–water partition coefficient (Wildman–Crippen LogP) is 1.51. The lowest BCUT2D eigenvalue weighted by molar-refractivity contribution is 0.227. The summed E-state index contributed by atoms with van der Waals surface area (Å²) >= 11 is 0. The van der Waals surface area contributed by atoms with E-state index in [-0.39, 0.29) is 5.71 Å². The second kappa shape index (κ2) is 3.29. The van der Waals surface area contributed by atoms with Crippen LogP contribution in [0.25, 0.3) is 0 Å². The molecule has 0 bridgehead atoms. The normalized spacial score (nSPS) is 12.2. The summed E-state index contributed by atoms with van der Waals surface area (Å²) in [5.41, 5.74) is -0.259. The van der Waals surface area contributed by atoms with Gasteiger partial charge in [-0.2, -0.15) is 0 Å². The summed E-state index contributed by atoms with van der Waals surface area (Å²) < 4.78 is 23.0. The Morgan fingerprint density at radius 3 is 2.25 bits per heavy atom. The monoisotopic (exact) mass is 119 g/mol. The van der Waals surface area contributed by atoms with Crippen LogP contribution in [0.15, 0.2) is 17.6 Å². The zero-order valence-corrected chi connectivity index (χ0v) is 4.56. The largest absolute Gasteiger partial charge is 0.287 e. The zero-order valence-electron chi connectivity index (χ0n) is 4.56. The van der Waals surface area contributed by atoms with Gasteiger partial charge in [0.1, 0.15) is 0 Å². The topological polar surface area (TPSA) is 12.4 Å². The molecule has 0 saturated carbocycles. The quantitative estimate of drug-likeness (QED) is 0.488. The summed E-state index contributed by atoms with van der Waals surface area (Å²) in [5.74, 6) is 0. The van der Waals surface area contributed by atoms with E-state index in [1.165, 1.54) is 7.05 Å². The van der Waals surface area contributed by atoms with Gasteiger partial charge in [0, 0.05) is 7.05 Å². The summed E-state index contributed by atoms with van der Waals surface area (Å²) in [6.07, 6.45) is -1.44. The van der Waals surface area contributed by atoms with Crippen molar-refractivity contribution in [2.24, 2.45) is 4.99 Å². The Morgan fingerprint density at radius 1 is 1.75 bits per heavy atom. The van der Waals surface area contributed by atoms with Crippen LogP contribution in [0.4, 0.5) is 8.78 Å². The Labute approximate surface area is 46.7 Å². The molecule has 46 valence electrons. The van der Waals surface area contributed by atoms with Crippen molar-refractivity contribution in [3.8, 4) is 0 Å². The molecule has 0 amide bonds. The van der Waals surface area contributed by atoms with E-state index in [1.807, 2.05) is 0 Å². The summed E-state index contributed by atoms with van der Waals surface area (Å²) in [6.45, 7) is 3.14. The Balaban J connectivity index is 3.91. The smallest absolute Gasteiger partial charge is 0.279 e. The van der Waals surface area contributed by atoms with E-state index in [2.05, 4.69) is 11.6 Å². The highest BCUT2D eigenvalue weighted by Gasteiger charge is 2.05. The number of alkyl halides is 2. The molecular weight excluding hydrogens is 112 g/mol. The first-order chi connectivity index (χ1) is 3.72. The van der Waals surface area contributed by atoms with Gasteiger partial charge < -0.3 is 0 Å². The molecule has 0 heterocycles. The van der Waals surface area contributed by atoms with Crippen LogP contribution in [0, 0.1) is 0 Å². The molecule has 0 aliphatic carbocycles. The third-order valence-corrected chi connectivity index (χ3v) is 0.691. The third-order valence-electron chi connectivity index (χ3n) is 0.691. The van der Waals surface area contributed by atoms with Gasteiger partial charge in [0.25, 0.3) is 6.43 Å². The molecule has 0 aromatic carbocycles. The second-order valence-corrected chi connectivity index (χ2v) is 1.15. The van der Waals surface area contributed by atoms with E-state index >= 15 is 0 Å². The fraction of sp³-hybridized carbons (Fsp3) is 0.400. The van der Waals surface area contributed by atoms with Gasteiger partial charge >= 0.3 is 0 Å². The first-order valence-electron chi connectivity index (χ1n) is 2.09. The van der Waals surface area contributed by atoms with Crippen LogP contribution < -0.4 is 0 Å². The first kappa shape index (κ1) is 7.27. The Kier molecular flexibility index (Phi) is 2.99. The van der Waals surface area contributed by atoms with Gasteiger partial charge in [-0.05, 0) is 6.08 Å². The van der Waals surface area contributed by atoms with Crippen molar-refractivity contribution < 1.29 is 8.78 Å². The van der Waals surface area contributed by atoms with E-state index < -0.39 is 6.43 Å². The van der Waals surface area contributed by atoms with E-state index in [0.717, 1.165) is 6.08 Å². The summed E-state index contributed by atoms with van der Waals surface area (Å²) in [4.78, 5) is 3.25. The molecule has 0 aliphatic heterocycles. The van der Waals surface area contributed by atoms with Crippen LogP contribution >= 0.6 is 0 Å². The van der Waals surface area contributed by atoms with Gasteiger partial charge in [-0.1, -0.05) is 6.58 Å². The highest BCUT2D eigenvalue weighted by Crippen LogP contribution is 1.95. The van der Waals surface area contributed by atoms with Crippen molar-refractivity contribution in [3.05, 3.63) is 12.7 Å². The molecule has 0 N–H and O–H groups in total. The van der Waals surface area contributed by atoms with Crippen molar-refractivity contribution in [2.45, 2.75) is 6.43 Å². The molecule has 1 nitrogen and oxygen atoms in total. The van der Waals surface area contributed by atoms with E-state index in [1.54, 1.807) is 0 Å². The molecule has 0 radical (unpaired) electrons. The summed E-state index contributed by atoms with van der Waals surface area (Å²) in [6, 6.07) is 0. The average molecular weight is 119 g/mol. The number of hydrogen-bond acceptors (Lipinski definition) is 1. The van der Waals surface area contributed by atoms with Crippen LogP contribution in [0.2, 0.25) is 0 Å². The molecular formula is C5H7F2N. The third kappa shape index (κ3) is 1.82. The maximum atomic E-state index is 11.5. The van der Waals surface area contributed by atoms with Gasteiger partial charge in [0.15, 0.2) is 0 Å². The molecule has 0 spiro atoms. The highest BCUT2D eigenvalue weighted by molar-refractivity contribution is 5.96. The number of hydrogen-bond donors (Lipinski definition) is 0. The van der Waals surface area contributed by atoms with Crippen LogP contribution in [-0.4, -0.2) is 19.2 Å². The number of nitrogens with zero attached hydrogens (tertiary/aromatic N) is 1. The lowest BCUT2D eigenvalue weighted by atomic mass is 10.4. The molecule has 0 aromatic heterocycles. The number of halogens is 2. The van der Waals surface area contributed by atoms with Crippen LogP contribution in [0.3, 0.4) is 0 Å². The van der Waals surface area contributed by atoms with Crippen molar-refractivity contribution in [1.82, 2.24) is 0 Å². The molecule has 3 heteroatoms. The van der Waals surface area contributed by atoms with Crippen LogP contribution in [0.5, 0.6) is 0 Å². The Hall–Kier alpha value is -0.730. The number of aliphatic imine (C=N–C) groups is 1. The minimum Gasteiger partial charge on any atom is -0.287 e. The fourth-order valence-corrected chi connectivity index (χ4v) is 0.278. The van der Waals surface area contributed by atoms with Gasteiger partial charge in [-0.15, -0.1) is 0 Å². The lowest BCUT2D eigenvalue weighted by Gasteiger charge is -1.92. The molecule has 0 atom stereocenters. The lowest BCUT2D eigenvalue weighted by Crippen LogP contribution is -2.05. The first-order valence-corrected chi connectivity index (χ1v) is 2.09. The predicted molar refractivity (Wildman–Crippen MR) is 29.6 cm³/mol. The van der Waals surface area contributed by atoms with Crippen molar-refractivity contribution in [1.29, 1.82) is 0 Å². The Bertz CT molecular complexity index is 107. The van der Waals surface area contributed by atoms with Crippen molar-refractivity contribution in [2.75, 3.05) is 7.05 Å². The molecule has 0 saturated heterocycles. The number of allylic oxidation sites excluding steroid dienone is 1. The van der Waals surface area contributed by atoms with E-state index in [9.17, 15) is 8.78 Å². The summed E-state index contributed by atoms with van der Waals surface area (Å²) in [5, 5.41) is 0. The fourth-order valence-electron chi connectivity index (χ4n) is 0.278. The minimum absolute atomic E-state index is 0.259. The van der Waals surface area contributed by atoms with Crippen LogP contribution in [0.1, 0.15) is 0 Å². The Morgan fingerprint density at radius 2 is 2.25 bits per heavy atom. The molecule has 0 aromatic rings.